The topological polar surface area (TPSA) is 70.2 Å². The summed E-state index contributed by atoms with van der Waals surface area (Å²) in [5.74, 6) is 0.438. The zero-order valence-corrected chi connectivity index (χ0v) is 10.6. The van der Waals surface area contributed by atoms with E-state index in [0.717, 1.165) is 32.5 Å². The Morgan fingerprint density at radius 3 is 2.83 bits per heavy atom. The Labute approximate surface area is 107 Å². The number of rotatable bonds is 4. The second-order valence-electron chi connectivity index (χ2n) is 4.31. The normalized spacial score (nSPS) is 16.3. The van der Waals surface area contributed by atoms with E-state index < -0.39 is 0 Å². The molecule has 1 aromatic rings. The number of amides is 1. The van der Waals surface area contributed by atoms with Gasteiger partial charge in [0.1, 0.15) is 11.5 Å². The standard InChI is InChI=1S/C12H19N5O/c1-2-14-11-9-13-8-10(15-11)12(18)16-17-6-4-3-5-7-17/h8-9H,2-7H2,1H3,(H,14,15)(H,16,18). The van der Waals surface area contributed by atoms with Gasteiger partial charge in [0.15, 0.2) is 0 Å². The van der Waals surface area contributed by atoms with Crippen molar-refractivity contribution in [2.75, 3.05) is 25.0 Å². The molecule has 0 bridgehead atoms. The first-order chi connectivity index (χ1) is 8.79. The van der Waals surface area contributed by atoms with Gasteiger partial charge in [-0.2, -0.15) is 0 Å². The third kappa shape index (κ3) is 3.40. The van der Waals surface area contributed by atoms with Crippen molar-refractivity contribution in [2.45, 2.75) is 26.2 Å². The minimum atomic E-state index is -0.191. The molecular weight excluding hydrogens is 230 g/mol. The molecule has 0 atom stereocenters. The fourth-order valence-electron chi connectivity index (χ4n) is 1.95. The van der Waals surface area contributed by atoms with Crippen LogP contribution in [-0.4, -0.2) is 40.5 Å². The summed E-state index contributed by atoms with van der Waals surface area (Å²) in [5, 5.41) is 4.99. The molecule has 1 amide bonds. The number of nitrogens with zero attached hydrogens (tertiary/aromatic N) is 3. The Bertz CT molecular complexity index is 403. The predicted molar refractivity (Wildman–Crippen MR) is 69.1 cm³/mol. The van der Waals surface area contributed by atoms with Gasteiger partial charge in [0.2, 0.25) is 0 Å². The maximum atomic E-state index is 12.0. The summed E-state index contributed by atoms with van der Waals surface area (Å²) in [6.07, 6.45) is 6.59. The van der Waals surface area contributed by atoms with Crippen LogP contribution in [-0.2, 0) is 0 Å². The van der Waals surface area contributed by atoms with Crippen LogP contribution in [0.1, 0.15) is 36.7 Å². The van der Waals surface area contributed by atoms with E-state index >= 15 is 0 Å². The highest BCUT2D eigenvalue weighted by molar-refractivity contribution is 5.91. The number of hydrogen-bond acceptors (Lipinski definition) is 5. The fourth-order valence-corrected chi connectivity index (χ4v) is 1.95. The van der Waals surface area contributed by atoms with Gasteiger partial charge < -0.3 is 5.32 Å². The maximum Gasteiger partial charge on any atom is 0.285 e. The lowest BCUT2D eigenvalue weighted by atomic mass is 10.2. The van der Waals surface area contributed by atoms with E-state index in [1.54, 1.807) is 6.20 Å². The smallest absolute Gasteiger partial charge is 0.285 e. The van der Waals surface area contributed by atoms with E-state index in [0.29, 0.717) is 11.5 Å². The number of aromatic nitrogens is 2. The van der Waals surface area contributed by atoms with Crippen molar-refractivity contribution >= 4 is 11.7 Å². The first-order valence-electron chi connectivity index (χ1n) is 6.41. The number of carbonyl (C=O) groups is 1. The van der Waals surface area contributed by atoms with Crippen molar-refractivity contribution in [1.82, 2.24) is 20.4 Å². The molecule has 6 nitrogen and oxygen atoms in total. The van der Waals surface area contributed by atoms with E-state index in [1.807, 2.05) is 11.9 Å². The molecule has 2 heterocycles. The largest absolute Gasteiger partial charge is 0.369 e. The van der Waals surface area contributed by atoms with E-state index in [2.05, 4.69) is 20.7 Å². The lowest BCUT2D eigenvalue weighted by Crippen LogP contribution is -2.45. The highest BCUT2D eigenvalue weighted by Gasteiger charge is 2.15. The average molecular weight is 249 g/mol. The zero-order valence-electron chi connectivity index (χ0n) is 10.6. The molecule has 0 spiro atoms. The van der Waals surface area contributed by atoms with Crippen LogP contribution < -0.4 is 10.7 Å². The molecule has 2 N–H and O–H groups in total. The highest BCUT2D eigenvalue weighted by atomic mass is 16.2. The van der Waals surface area contributed by atoms with E-state index in [-0.39, 0.29) is 5.91 Å². The van der Waals surface area contributed by atoms with Crippen LogP contribution in [0, 0.1) is 0 Å². The Hall–Kier alpha value is -1.69. The molecular formula is C12H19N5O. The Morgan fingerprint density at radius 1 is 1.33 bits per heavy atom. The lowest BCUT2D eigenvalue weighted by Gasteiger charge is -2.26. The van der Waals surface area contributed by atoms with E-state index in [4.69, 9.17) is 0 Å². The number of nitrogens with one attached hydrogen (secondary N) is 2. The van der Waals surface area contributed by atoms with Crippen LogP contribution in [0.3, 0.4) is 0 Å². The molecule has 1 aliphatic rings. The van der Waals surface area contributed by atoms with Gasteiger partial charge in [-0.1, -0.05) is 6.42 Å². The van der Waals surface area contributed by atoms with Gasteiger partial charge in [-0.25, -0.2) is 9.99 Å². The van der Waals surface area contributed by atoms with Crippen molar-refractivity contribution in [3.8, 4) is 0 Å². The van der Waals surface area contributed by atoms with Crippen LogP contribution in [0.25, 0.3) is 0 Å². The van der Waals surface area contributed by atoms with Crippen molar-refractivity contribution in [1.29, 1.82) is 0 Å². The lowest BCUT2D eigenvalue weighted by molar-refractivity contribution is 0.0744. The molecule has 0 aromatic carbocycles. The van der Waals surface area contributed by atoms with Crippen LogP contribution in [0.15, 0.2) is 12.4 Å². The molecule has 1 aliphatic heterocycles. The Morgan fingerprint density at radius 2 is 2.11 bits per heavy atom. The molecule has 18 heavy (non-hydrogen) atoms. The van der Waals surface area contributed by atoms with Crippen molar-refractivity contribution in [3.05, 3.63) is 18.1 Å². The second kappa shape index (κ2) is 6.30. The summed E-state index contributed by atoms with van der Waals surface area (Å²) >= 11 is 0. The maximum absolute atomic E-state index is 12.0. The molecule has 0 unspecified atom stereocenters. The summed E-state index contributed by atoms with van der Waals surface area (Å²) in [4.78, 5) is 20.2. The van der Waals surface area contributed by atoms with Gasteiger partial charge in [-0.15, -0.1) is 0 Å². The van der Waals surface area contributed by atoms with Crippen LogP contribution in [0.2, 0.25) is 0 Å². The second-order valence-corrected chi connectivity index (χ2v) is 4.31. The van der Waals surface area contributed by atoms with Crippen molar-refractivity contribution < 1.29 is 4.79 Å². The molecule has 6 heteroatoms. The number of hydrazine groups is 1. The van der Waals surface area contributed by atoms with E-state index in [9.17, 15) is 4.79 Å². The molecule has 0 aliphatic carbocycles. The first-order valence-corrected chi connectivity index (χ1v) is 6.41. The number of piperidine rings is 1. The monoisotopic (exact) mass is 249 g/mol. The summed E-state index contributed by atoms with van der Waals surface area (Å²) < 4.78 is 0. The molecule has 1 saturated heterocycles. The quantitative estimate of drug-likeness (QED) is 0.834. The molecule has 2 rings (SSSR count). The predicted octanol–water partition coefficient (Wildman–Crippen LogP) is 1.04. The molecule has 0 radical (unpaired) electrons. The molecule has 0 saturated carbocycles. The fraction of sp³-hybridized carbons (Fsp3) is 0.583. The third-order valence-electron chi connectivity index (χ3n) is 2.84. The van der Waals surface area contributed by atoms with Gasteiger partial charge in [0.25, 0.3) is 5.91 Å². The minimum absolute atomic E-state index is 0.191. The minimum Gasteiger partial charge on any atom is -0.369 e. The number of anilines is 1. The Kier molecular flexibility index (Phi) is 4.46. The zero-order chi connectivity index (χ0) is 12.8. The summed E-state index contributed by atoms with van der Waals surface area (Å²) in [5.41, 5.74) is 3.21. The summed E-state index contributed by atoms with van der Waals surface area (Å²) in [6.45, 7) is 4.55. The van der Waals surface area contributed by atoms with Crippen LogP contribution >= 0.6 is 0 Å². The van der Waals surface area contributed by atoms with Gasteiger partial charge >= 0.3 is 0 Å². The highest BCUT2D eigenvalue weighted by Crippen LogP contribution is 2.07. The van der Waals surface area contributed by atoms with Crippen LogP contribution in [0.5, 0.6) is 0 Å². The van der Waals surface area contributed by atoms with Crippen molar-refractivity contribution in [2.24, 2.45) is 0 Å². The number of carbonyl (C=O) groups excluding carboxylic acids is 1. The van der Waals surface area contributed by atoms with Gasteiger partial charge in [0, 0.05) is 19.6 Å². The summed E-state index contributed by atoms with van der Waals surface area (Å²) in [7, 11) is 0. The van der Waals surface area contributed by atoms with Gasteiger partial charge in [0.05, 0.1) is 12.4 Å². The number of hydrogen-bond donors (Lipinski definition) is 2. The molecule has 1 aromatic heterocycles. The molecule has 1 fully saturated rings. The van der Waals surface area contributed by atoms with Gasteiger partial charge in [-0.05, 0) is 19.8 Å². The average Bonchev–Trinajstić information content (AvgIpc) is 2.40. The first kappa shape index (κ1) is 12.8. The third-order valence-corrected chi connectivity index (χ3v) is 2.84. The van der Waals surface area contributed by atoms with Gasteiger partial charge in [-0.3, -0.25) is 15.2 Å². The molecule has 98 valence electrons. The summed E-state index contributed by atoms with van der Waals surface area (Å²) in [6, 6.07) is 0. The van der Waals surface area contributed by atoms with E-state index in [1.165, 1.54) is 12.6 Å². The van der Waals surface area contributed by atoms with Crippen LogP contribution in [0.4, 0.5) is 5.82 Å². The Balaban J connectivity index is 1.96. The van der Waals surface area contributed by atoms with Crippen molar-refractivity contribution in [3.63, 3.8) is 0 Å². The SMILES string of the molecule is CCNc1cncc(C(=O)NN2CCCCC2)n1.